The summed E-state index contributed by atoms with van der Waals surface area (Å²) >= 11 is 5.73. The Bertz CT molecular complexity index is 465. The fourth-order valence-electron chi connectivity index (χ4n) is 1.08. The third-order valence-electron chi connectivity index (χ3n) is 1.64. The maximum Gasteiger partial charge on any atom is 0.263 e. The Hall–Kier alpha value is -0.690. The summed E-state index contributed by atoms with van der Waals surface area (Å²) in [7, 11) is 1.40. The average Bonchev–Trinajstić information content (AvgIpc) is 2.50. The fourth-order valence-corrected chi connectivity index (χ4v) is 2.28. The van der Waals surface area contributed by atoms with Crippen molar-refractivity contribution in [2.45, 2.75) is 0 Å². The molecule has 0 atom stereocenters. The summed E-state index contributed by atoms with van der Waals surface area (Å²) in [5, 5.41) is 1.36. The van der Waals surface area contributed by atoms with Gasteiger partial charge in [-0.15, -0.1) is 0 Å². The zero-order chi connectivity index (χ0) is 10.3. The molecule has 0 unspecified atom stereocenters. The molecule has 76 valence electrons. The van der Waals surface area contributed by atoms with Crippen molar-refractivity contribution < 1.29 is 13.4 Å². The zero-order valence-electron chi connectivity index (χ0n) is 6.57. The highest BCUT2D eigenvalue weighted by Gasteiger charge is 2.31. The molecular weight excluding hydrogens is 251 g/mol. The first-order chi connectivity index (χ1) is 6.50. The van der Waals surface area contributed by atoms with Crippen LogP contribution >= 0.6 is 22.3 Å². The van der Waals surface area contributed by atoms with E-state index in [1.165, 1.54) is 18.4 Å². The summed E-state index contributed by atoms with van der Waals surface area (Å²) in [5.74, 6) is 0. The van der Waals surface area contributed by atoms with E-state index < -0.39 is 9.05 Å². The topological polar surface area (TPSA) is 58.6 Å². The molecule has 2 rings (SSSR count). The molecule has 0 aliphatic carbocycles. The van der Waals surface area contributed by atoms with Gasteiger partial charge in [0.1, 0.15) is 15.8 Å². The summed E-state index contributed by atoms with van der Waals surface area (Å²) in [6, 6.07) is 0. The summed E-state index contributed by atoms with van der Waals surface area (Å²) in [6.45, 7) is 0. The molecule has 0 saturated heterocycles. The Kier molecular flexibility index (Phi) is 2.23. The zero-order valence-corrected chi connectivity index (χ0v) is 8.90. The van der Waals surface area contributed by atoms with E-state index in [1.807, 2.05) is 0 Å². The number of allylic oxidation sites excluding steroid dienone is 2. The van der Waals surface area contributed by atoms with Crippen molar-refractivity contribution >= 4 is 31.3 Å². The molecule has 0 radical (unpaired) electrons. The van der Waals surface area contributed by atoms with Crippen LogP contribution in [-0.2, 0) is 14.0 Å². The van der Waals surface area contributed by atoms with Crippen molar-refractivity contribution in [3.63, 3.8) is 0 Å². The van der Waals surface area contributed by atoms with E-state index in [4.69, 9.17) is 27.2 Å². The van der Waals surface area contributed by atoms with Crippen LogP contribution in [0.4, 0.5) is 0 Å². The molecule has 0 bridgehead atoms. The molecule has 0 aromatic rings. The summed E-state index contributed by atoms with van der Waals surface area (Å²) < 4.78 is 22.2. The minimum Gasteiger partial charge on any atom is -0.247 e. The van der Waals surface area contributed by atoms with Crippen molar-refractivity contribution in [3.05, 3.63) is 34.1 Å². The van der Waals surface area contributed by atoms with Crippen LogP contribution in [0.2, 0.25) is 0 Å². The first-order valence-corrected chi connectivity index (χ1v) is 6.14. The molecule has 1 N–H and O–H groups in total. The maximum absolute atomic E-state index is 11.1. The van der Waals surface area contributed by atoms with Crippen LogP contribution in [-0.4, -0.2) is 13.5 Å². The largest absolute Gasteiger partial charge is 0.263 e. The number of halogens is 2. The van der Waals surface area contributed by atoms with Gasteiger partial charge in [-0.25, -0.2) is 13.9 Å². The van der Waals surface area contributed by atoms with Gasteiger partial charge in [-0.3, -0.25) is 0 Å². The summed E-state index contributed by atoms with van der Waals surface area (Å²) in [5.41, 5.74) is 2.63. The molecule has 0 spiro atoms. The number of hydrogen-bond acceptors (Lipinski definition) is 5. The van der Waals surface area contributed by atoms with E-state index in [0.29, 0.717) is 0 Å². The Morgan fingerprint density at radius 1 is 1.43 bits per heavy atom. The van der Waals surface area contributed by atoms with Gasteiger partial charge < -0.3 is 0 Å². The molecule has 0 aromatic heterocycles. The Morgan fingerprint density at radius 2 is 2.14 bits per heavy atom. The lowest BCUT2D eigenvalue weighted by Crippen LogP contribution is -2.22. The third-order valence-corrected chi connectivity index (χ3v) is 3.29. The van der Waals surface area contributed by atoms with E-state index in [-0.39, 0.29) is 15.8 Å². The van der Waals surface area contributed by atoms with Gasteiger partial charge in [0, 0.05) is 10.7 Å². The van der Waals surface area contributed by atoms with Crippen LogP contribution in [0.1, 0.15) is 0 Å². The minimum absolute atomic E-state index is 0.0615. The molecule has 2 aliphatic rings. The normalized spacial score (nSPS) is 20.7. The van der Waals surface area contributed by atoms with Gasteiger partial charge in [-0.2, -0.15) is 10.0 Å². The second-order valence-electron chi connectivity index (χ2n) is 2.49. The van der Waals surface area contributed by atoms with E-state index in [2.05, 4.69) is 5.48 Å². The molecule has 14 heavy (non-hydrogen) atoms. The minimum atomic E-state index is -3.80. The standard InChI is InChI=1S/C6H4Cl2N2O3S/c7-6-2-1-5(14(8,11)12)4-3-9-13-10(4)6/h1-3,9H. The number of nitrogens with one attached hydrogen (secondary N) is 1. The predicted octanol–water partition coefficient (Wildman–Crippen LogP) is 1.13. The monoisotopic (exact) mass is 254 g/mol. The van der Waals surface area contributed by atoms with Gasteiger partial charge in [0.15, 0.2) is 0 Å². The number of hydroxylamine groups is 3. The number of hydrogen-bond donors (Lipinski definition) is 1. The molecule has 5 nitrogen and oxygen atoms in total. The SMILES string of the molecule is O=S(=O)(Cl)C1=CC=C(Cl)N2ONC=C12. The fraction of sp³-hybridized carbons (Fsp3) is 0. The molecule has 0 fully saturated rings. The lowest BCUT2D eigenvalue weighted by Gasteiger charge is -2.20. The molecular formula is C6H4Cl2N2O3S. The van der Waals surface area contributed by atoms with E-state index in [9.17, 15) is 8.42 Å². The van der Waals surface area contributed by atoms with Crippen LogP contribution in [0.3, 0.4) is 0 Å². The second-order valence-corrected chi connectivity index (χ2v) is 5.41. The van der Waals surface area contributed by atoms with Gasteiger partial charge in [0.25, 0.3) is 9.05 Å². The number of rotatable bonds is 1. The average molecular weight is 255 g/mol. The first kappa shape index (κ1) is 9.85. The number of nitrogens with zero attached hydrogens (tertiary/aromatic N) is 1. The van der Waals surface area contributed by atoms with Gasteiger partial charge in [-0.1, -0.05) is 11.6 Å². The van der Waals surface area contributed by atoms with E-state index in [1.54, 1.807) is 0 Å². The van der Waals surface area contributed by atoms with Gasteiger partial charge in [0.2, 0.25) is 0 Å². The van der Waals surface area contributed by atoms with Crippen LogP contribution in [0.5, 0.6) is 0 Å². The van der Waals surface area contributed by atoms with Crippen molar-refractivity contribution in [3.8, 4) is 0 Å². The first-order valence-electron chi connectivity index (χ1n) is 3.45. The van der Waals surface area contributed by atoms with Crippen molar-refractivity contribution in [2.75, 3.05) is 0 Å². The molecule has 2 aliphatic heterocycles. The van der Waals surface area contributed by atoms with Gasteiger partial charge in [-0.05, 0) is 12.2 Å². The molecule has 0 aromatic carbocycles. The summed E-state index contributed by atoms with van der Waals surface area (Å²) in [6.07, 6.45) is 4.03. The second kappa shape index (κ2) is 3.16. The van der Waals surface area contributed by atoms with Gasteiger partial charge in [0.05, 0.1) is 6.20 Å². The van der Waals surface area contributed by atoms with Crippen LogP contribution in [0, 0.1) is 0 Å². The van der Waals surface area contributed by atoms with E-state index >= 15 is 0 Å². The van der Waals surface area contributed by atoms with Crippen molar-refractivity contribution in [1.29, 1.82) is 0 Å². The van der Waals surface area contributed by atoms with Crippen LogP contribution in [0.15, 0.2) is 34.1 Å². The molecule has 0 saturated carbocycles. The number of fused-ring (bicyclic) bond motifs is 1. The molecule has 2 heterocycles. The summed E-state index contributed by atoms with van der Waals surface area (Å²) in [4.78, 5) is 4.76. The molecule has 8 heteroatoms. The lowest BCUT2D eigenvalue weighted by molar-refractivity contribution is -0.117. The van der Waals surface area contributed by atoms with Crippen LogP contribution < -0.4 is 5.48 Å². The third kappa shape index (κ3) is 1.50. The predicted molar refractivity (Wildman–Crippen MR) is 50.9 cm³/mol. The Labute approximate surface area is 89.6 Å². The smallest absolute Gasteiger partial charge is 0.247 e. The highest BCUT2D eigenvalue weighted by atomic mass is 35.7. The van der Waals surface area contributed by atoms with Gasteiger partial charge >= 0.3 is 0 Å². The quantitative estimate of drug-likeness (QED) is 0.562. The van der Waals surface area contributed by atoms with Crippen LogP contribution in [0.25, 0.3) is 0 Å². The highest BCUT2D eigenvalue weighted by molar-refractivity contribution is 8.17. The van der Waals surface area contributed by atoms with Crippen molar-refractivity contribution in [1.82, 2.24) is 10.5 Å². The van der Waals surface area contributed by atoms with E-state index in [0.717, 1.165) is 5.06 Å². The Balaban J connectivity index is 2.54. The maximum atomic E-state index is 11.1. The van der Waals surface area contributed by atoms with Crippen molar-refractivity contribution in [2.24, 2.45) is 0 Å². The lowest BCUT2D eigenvalue weighted by atomic mass is 10.3. The molecule has 0 amide bonds. The Morgan fingerprint density at radius 3 is 2.79 bits per heavy atom. The highest BCUT2D eigenvalue weighted by Crippen LogP contribution is 2.33.